The van der Waals surface area contributed by atoms with Gasteiger partial charge in [-0.3, -0.25) is 4.79 Å². The molecule has 0 aromatic heterocycles. The highest BCUT2D eigenvalue weighted by Gasteiger charge is 2.20. The first-order valence-electron chi connectivity index (χ1n) is 7.31. The highest BCUT2D eigenvalue weighted by Crippen LogP contribution is 2.14. The van der Waals surface area contributed by atoms with Crippen LogP contribution in [0.15, 0.2) is 30.3 Å². The third kappa shape index (κ3) is 4.44. The van der Waals surface area contributed by atoms with Crippen LogP contribution in [0, 0.1) is 11.3 Å². The van der Waals surface area contributed by atoms with Crippen LogP contribution in [0.25, 0.3) is 6.08 Å². The van der Waals surface area contributed by atoms with Gasteiger partial charge in [-0.2, -0.15) is 5.26 Å². The molecule has 0 radical (unpaired) electrons. The van der Waals surface area contributed by atoms with Crippen LogP contribution >= 0.6 is 0 Å². The Balaban J connectivity index is 1.93. The molecular formula is C17H20N2O2. The molecule has 0 unspecified atom stereocenters. The minimum atomic E-state index is -0.00244. The molecule has 0 saturated carbocycles. The van der Waals surface area contributed by atoms with Crippen molar-refractivity contribution in [1.29, 1.82) is 5.26 Å². The van der Waals surface area contributed by atoms with Gasteiger partial charge in [-0.25, -0.2) is 0 Å². The number of carbonyl (C=O) groups is 1. The van der Waals surface area contributed by atoms with Crippen molar-refractivity contribution in [2.45, 2.75) is 25.9 Å². The van der Waals surface area contributed by atoms with Crippen molar-refractivity contribution in [3.8, 4) is 6.07 Å². The third-order valence-electron chi connectivity index (χ3n) is 3.60. The quantitative estimate of drug-likeness (QED) is 0.781. The van der Waals surface area contributed by atoms with E-state index in [1.807, 2.05) is 19.1 Å². The number of hydrogen-bond acceptors (Lipinski definition) is 3. The Morgan fingerprint density at radius 2 is 2.24 bits per heavy atom. The SMILES string of the molecule is CCN(C[C@H]1CCCO1)C(=O)/C=C/c1ccc(C#N)cc1. The maximum atomic E-state index is 12.2. The van der Waals surface area contributed by atoms with Crippen molar-refractivity contribution < 1.29 is 9.53 Å². The first-order chi connectivity index (χ1) is 10.2. The van der Waals surface area contributed by atoms with Crippen LogP contribution in [0.1, 0.15) is 30.9 Å². The Labute approximate surface area is 125 Å². The summed E-state index contributed by atoms with van der Waals surface area (Å²) < 4.78 is 5.58. The zero-order chi connectivity index (χ0) is 15.1. The van der Waals surface area contributed by atoms with Crippen LogP contribution in [0.2, 0.25) is 0 Å². The molecule has 21 heavy (non-hydrogen) atoms. The van der Waals surface area contributed by atoms with Crippen LogP contribution in [0.3, 0.4) is 0 Å². The van der Waals surface area contributed by atoms with Gasteiger partial charge in [-0.1, -0.05) is 12.1 Å². The Hall–Kier alpha value is -2.12. The predicted octanol–water partition coefficient (Wildman–Crippen LogP) is 2.60. The molecule has 0 N–H and O–H groups in total. The maximum Gasteiger partial charge on any atom is 0.246 e. The van der Waals surface area contributed by atoms with E-state index in [1.165, 1.54) is 0 Å². The number of carbonyl (C=O) groups excluding carboxylic acids is 1. The molecule has 0 aliphatic carbocycles. The number of nitriles is 1. The van der Waals surface area contributed by atoms with Crippen molar-refractivity contribution in [2.24, 2.45) is 0 Å². The molecule has 4 heteroatoms. The van der Waals surface area contributed by atoms with E-state index in [1.54, 1.807) is 29.2 Å². The first kappa shape index (κ1) is 15.3. The Bertz CT molecular complexity index is 537. The number of amides is 1. The first-order valence-corrected chi connectivity index (χ1v) is 7.31. The molecule has 110 valence electrons. The molecule has 0 spiro atoms. The van der Waals surface area contributed by atoms with Crippen LogP contribution in [0.5, 0.6) is 0 Å². The lowest BCUT2D eigenvalue weighted by Gasteiger charge is -2.22. The van der Waals surface area contributed by atoms with Gasteiger partial charge in [0, 0.05) is 25.8 Å². The number of hydrogen-bond donors (Lipinski definition) is 0. The zero-order valence-corrected chi connectivity index (χ0v) is 12.3. The van der Waals surface area contributed by atoms with Gasteiger partial charge < -0.3 is 9.64 Å². The largest absolute Gasteiger partial charge is 0.376 e. The van der Waals surface area contributed by atoms with E-state index >= 15 is 0 Å². The second-order valence-corrected chi connectivity index (χ2v) is 5.08. The molecule has 2 rings (SSSR count). The molecule has 1 aromatic rings. The molecule has 1 fully saturated rings. The molecular weight excluding hydrogens is 264 g/mol. The topological polar surface area (TPSA) is 53.3 Å². The molecule has 1 aromatic carbocycles. The fourth-order valence-electron chi connectivity index (χ4n) is 2.35. The van der Waals surface area contributed by atoms with Gasteiger partial charge in [0.2, 0.25) is 5.91 Å². The fraction of sp³-hybridized carbons (Fsp3) is 0.412. The summed E-state index contributed by atoms with van der Waals surface area (Å²) in [4.78, 5) is 14.0. The lowest BCUT2D eigenvalue weighted by Crippen LogP contribution is -2.36. The Kier molecular flexibility index (Phi) is 5.53. The second-order valence-electron chi connectivity index (χ2n) is 5.08. The summed E-state index contributed by atoms with van der Waals surface area (Å²) in [5, 5.41) is 8.75. The lowest BCUT2D eigenvalue weighted by atomic mass is 10.1. The molecule has 1 heterocycles. The minimum Gasteiger partial charge on any atom is -0.376 e. The number of benzene rings is 1. The van der Waals surface area contributed by atoms with E-state index in [-0.39, 0.29) is 12.0 Å². The van der Waals surface area contributed by atoms with E-state index in [4.69, 9.17) is 10.00 Å². The maximum absolute atomic E-state index is 12.2. The summed E-state index contributed by atoms with van der Waals surface area (Å²) in [5.74, 6) is -0.00244. The van der Waals surface area contributed by atoms with Gasteiger partial charge in [0.1, 0.15) is 0 Å². The van der Waals surface area contributed by atoms with Gasteiger partial charge in [0.25, 0.3) is 0 Å². The third-order valence-corrected chi connectivity index (χ3v) is 3.60. The lowest BCUT2D eigenvalue weighted by molar-refractivity contribution is -0.127. The fourth-order valence-corrected chi connectivity index (χ4v) is 2.35. The summed E-state index contributed by atoms with van der Waals surface area (Å²) >= 11 is 0. The van der Waals surface area contributed by atoms with Gasteiger partial charge in [-0.15, -0.1) is 0 Å². The smallest absolute Gasteiger partial charge is 0.246 e. The standard InChI is InChI=1S/C17H20N2O2/c1-2-19(13-16-4-3-11-21-16)17(20)10-9-14-5-7-15(12-18)8-6-14/h5-10,16H,2-4,11,13H2,1H3/b10-9+/t16-/m1/s1. The summed E-state index contributed by atoms with van der Waals surface area (Å²) in [6, 6.07) is 9.23. The van der Waals surface area contributed by atoms with E-state index in [0.29, 0.717) is 18.7 Å². The molecule has 4 nitrogen and oxygen atoms in total. The number of rotatable bonds is 5. The summed E-state index contributed by atoms with van der Waals surface area (Å²) in [6.45, 7) is 4.11. The zero-order valence-electron chi connectivity index (χ0n) is 12.3. The minimum absolute atomic E-state index is 0.00244. The Morgan fingerprint density at radius 3 is 2.81 bits per heavy atom. The summed E-state index contributed by atoms with van der Waals surface area (Å²) in [6.07, 6.45) is 5.65. The Morgan fingerprint density at radius 1 is 1.48 bits per heavy atom. The molecule has 1 atom stereocenters. The molecule has 1 aliphatic heterocycles. The van der Waals surface area contributed by atoms with Gasteiger partial charge in [0.15, 0.2) is 0 Å². The number of ether oxygens (including phenoxy) is 1. The molecule has 1 amide bonds. The van der Waals surface area contributed by atoms with Crippen LogP contribution in [-0.4, -0.2) is 36.6 Å². The summed E-state index contributed by atoms with van der Waals surface area (Å²) in [7, 11) is 0. The van der Waals surface area contributed by atoms with E-state index in [0.717, 1.165) is 25.0 Å². The average molecular weight is 284 g/mol. The molecule has 0 bridgehead atoms. The predicted molar refractivity (Wildman–Crippen MR) is 81.4 cm³/mol. The molecule has 1 saturated heterocycles. The van der Waals surface area contributed by atoms with Crippen LogP contribution in [-0.2, 0) is 9.53 Å². The second kappa shape index (κ2) is 7.61. The van der Waals surface area contributed by atoms with Gasteiger partial charge in [0.05, 0.1) is 17.7 Å². The van der Waals surface area contributed by atoms with E-state index < -0.39 is 0 Å². The van der Waals surface area contributed by atoms with Crippen molar-refractivity contribution >= 4 is 12.0 Å². The number of nitrogens with zero attached hydrogens (tertiary/aromatic N) is 2. The molecule has 1 aliphatic rings. The van der Waals surface area contributed by atoms with Gasteiger partial charge in [-0.05, 0) is 43.5 Å². The summed E-state index contributed by atoms with van der Waals surface area (Å²) in [5.41, 5.74) is 1.53. The normalized spacial score (nSPS) is 17.8. The highest BCUT2D eigenvalue weighted by atomic mass is 16.5. The van der Waals surface area contributed by atoms with E-state index in [9.17, 15) is 4.79 Å². The van der Waals surface area contributed by atoms with Crippen molar-refractivity contribution in [3.63, 3.8) is 0 Å². The monoisotopic (exact) mass is 284 g/mol. The number of likely N-dealkylation sites (N-methyl/N-ethyl adjacent to an activating group) is 1. The van der Waals surface area contributed by atoms with Gasteiger partial charge >= 0.3 is 0 Å². The van der Waals surface area contributed by atoms with Crippen LogP contribution < -0.4 is 0 Å². The highest BCUT2D eigenvalue weighted by molar-refractivity contribution is 5.91. The average Bonchev–Trinajstić information content (AvgIpc) is 3.03. The van der Waals surface area contributed by atoms with Crippen molar-refractivity contribution in [2.75, 3.05) is 19.7 Å². The van der Waals surface area contributed by atoms with Crippen molar-refractivity contribution in [3.05, 3.63) is 41.5 Å². The van der Waals surface area contributed by atoms with Crippen molar-refractivity contribution in [1.82, 2.24) is 4.90 Å². The van der Waals surface area contributed by atoms with E-state index in [2.05, 4.69) is 6.07 Å². The van der Waals surface area contributed by atoms with Crippen LogP contribution in [0.4, 0.5) is 0 Å².